The number of nitrogens with zero attached hydrogens (tertiary/aromatic N) is 1. The van der Waals surface area contributed by atoms with Crippen molar-refractivity contribution in [3.8, 4) is 0 Å². The Morgan fingerprint density at radius 3 is 2.69 bits per heavy atom. The fraction of sp³-hybridized carbons (Fsp3) is 0.100. The van der Waals surface area contributed by atoms with Gasteiger partial charge in [-0.3, -0.25) is 9.59 Å². The van der Waals surface area contributed by atoms with Crippen molar-refractivity contribution in [3.63, 3.8) is 0 Å². The number of carbonyl (C=O) groups is 2. The lowest BCUT2D eigenvalue weighted by Crippen LogP contribution is -2.21. The molecule has 1 aliphatic heterocycles. The molecular weight excluding hydrogens is 166 g/mol. The Labute approximate surface area is 75.2 Å². The van der Waals surface area contributed by atoms with E-state index in [2.05, 4.69) is 4.99 Å². The van der Waals surface area contributed by atoms with E-state index < -0.39 is 0 Å². The highest BCUT2D eigenvalue weighted by Crippen LogP contribution is 2.16. The minimum absolute atomic E-state index is 0.187. The van der Waals surface area contributed by atoms with Crippen molar-refractivity contribution in [1.29, 1.82) is 0 Å². The van der Waals surface area contributed by atoms with Crippen molar-refractivity contribution < 1.29 is 9.59 Å². The van der Waals surface area contributed by atoms with E-state index in [1.54, 1.807) is 6.08 Å². The quantitative estimate of drug-likeness (QED) is 0.512. The maximum atomic E-state index is 11.4. The number of fused-ring (bicyclic) bond motifs is 1. The number of hydrogen-bond acceptors (Lipinski definition) is 2. The Balaban J connectivity index is 2.54. The second-order valence-electron chi connectivity index (χ2n) is 2.98. The number of carbonyl (C=O) groups excluding carboxylic acids is 2. The third-order valence-electron chi connectivity index (χ3n) is 1.88. The van der Waals surface area contributed by atoms with Crippen molar-refractivity contribution in [2.75, 3.05) is 0 Å². The average molecular weight is 173 g/mol. The predicted octanol–water partition coefficient (Wildman–Crippen LogP) is 0.979. The monoisotopic (exact) mass is 173 g/mol. The molecule has 3 nitrogen and oxygen atoms in total. The fourth-order valence-corrected chi connectivity index (χ4v) is 1.33. The van der Waals surface area contributed by atoms with Gasteiger partial charge in [-0.05, 0) is 30.7 Å². The second kappa shape index (κ2) is 2.62. The molecule has 0 aromatic rings. The van der Waals surface area contributed by atoms with Gasteiger partial charge in [-0.25, -0.2) is 4.99 Å². The first-order chi connectivity index (χ1) is 6.16. The molecule has 0 saturated carbocycles. The topological polar surface area (TPSA) is 46.5 Å². The Morgan fingerprint density at radius 2 is 1.92 bits per heavy atom. The molecule has 1 aliphatic carbocycles. The number of dihydropyridines is 1. The Bertz CT molecular complexity index is 422. The first-order valence-electron chi connectivity index (χ1n) is 3.92. The largest absolute Gasteiger partial charge is 0.287 e. The van der Waals surface area contributed by atoms with E-state index in [0.29, 0.717) is 0 Å². The van der Waals surface area contributed by atoms with Crippen LogP contribution in [0.4, 0.5) is 0 Å². The highest BCUT2D eigenvalue weighted by atomic mass is 16.1. The van der Waals surface area contributed by atoms with Gasteiger partial charge in [-0.15, -0.1) is 0 Å². The fourth-order valence-electron chi connectivity index (χ4n) is 1.33. The normalized spacial score (nSPS) is 20.5. The van der Waals surface area contributed by atoms with Gasteiger partial charge in [0.1, 0.15) is 5.71 Å². The molecule has 2 aliphatic rings. The molecule has 0 aromatic heterocycles. The van der Waals surface area contributed by atoms with Crippen molar-refractivity contribution >= 4 is 17.4 Å². The van der Waals surface area contributed by atoms with Crippen LogP contribution < -0.4 is 0 Å². The Hall–Kier alpha value is -1.77. The number of allylic oxidation sites excluding steroid dienone is 5. The van der Waals surface area contributed by atoms with Crippen LogP contribution in [-0.2, 0) is 9.59 Å². The summed E-state index contributed by atoms with van der Waals surface area (Å²) in [5, 5.41) is 0. The minimum Gasteiger partial charge on any atom is -0.287 e. The van der Waals surface area contributed by atoms with Crippen LogP contribution in [0.2, 0.25) is 0 Å². The van der Waals surface area contributed by atoms with Crippen LogP contribution >= 0.6 is 0 Å². The van der Waals surface area contributed by atoms with Gasteiger partial charge in [-0.2, -0.15) is 0 Å². The third-order valence-corrected chi connectivity index (χ3v) is 1.88. The van der Waals surface area contributed by atoms with Crippen LogP contribution in [0, 0.1) is 0 Å². The van der Waals surface area contributed by atoms with Crippen LogP contribution in [0.1, 0.15) is 6.92 Å². The molecule has 0 N–H and O–H groups in total. The molecule has 0 aromatic carbocycles. The van der Waals surface area contributed by atoms with E-state index in [9.17, 15) is 9.59 Å². The van der Waals surface area contributed by atoms with Gasteiger partial charge >= 0.3 is 0 Å². The average Bonchev–Trinajstić information content (AvgIpc) is 2.06. The van der Waals surface area contributed by atoms with Crippen LogP contribution in [0.25, 0.3) is 0 Å². The number of hydrogen-bond donors (Lipinski definition) is 0. The zero-order chi connectivity index (χ0) is 9.42. The SMILES string of the molecule is CC1=CC(=O)C2=NC(=O)C=CC2=C1. The van der Waals surface area contributed by atoms with Gasteiger partial charge in [0.25, 0.3) is 5.91 Å². The van der Waals surface area contributed by atoms with Crippen LogP contribution in [0.15, 0.2) is 40.4 Å². The summed E-state index contributed by atoms with van der Waals surface area (Å²) in [5.74, 6) is -0.554. The van der Waals surface area contributed by atoms with Crippen molar-refractivity contribution in [2.45, 2.75) is 6.92 Å². The van der Waals surface area contributed by atoms with Crippen LogP contribution in [0.3, 0.4) is 0 Å². The molecule has 0 saturated heterocycles. The maximum Gasteiger partial charge on any atom is 0.270 e. The smallest absolute Gasteiger partial charge is 0.270 e. The standard InChI is InChI=1S/C10H7NO2/c1-6-4-7-2-3-9(13)11-10(7)8(12)5-6/h2-5H,1H3. The van der Waals surface area contributed by atoms with E-state index in [4.69, 9.17) is 0 Å². The molecule has 1 amide bonds. The molecule has 0 spiro atoms. The minimum atomic E-state index is -0.367. The summed E-state index contributed by atoms with van der Waals surface area (Å²) in [4.78, 5) is 25.9. The molecule has 0 unspecified atom stereocenters. The van der Waals surface area contributed by atoms with E-state index in [1.807, 2.05) is 13.0 Å². The number of amides is 1. The first-order valence-corrected chi connectivity index (χ1v) is 3.92. The molecule has 0 radical (unpaired) electrons. The Morgan fingerprint density at radius 1 is 1.15 bits per heavy atom. The third kappa shape index (κ3) is 1.28. The summed E-state index contributed by atoms with van der Waals surface area (Å²) in [6.45, 7) is 1.84. The summed E-state index contributed by atoms with van der Waals surface area (Å²) in [5.41, 5.74) is 1.88. The molecule has 2 rings (SSSR count). The van der Waals surface area contributed by atoms with Crippen molar-refractivity contribution in [3.05, 3.63) is 35.5 Å². The van der Waals surface area contributed by atoms with Gasteiger partial charge in [-0.1, -0.05) is 0 Å². The lowest BCUT2D eigenvalue weighted by Gasteiger charge is -2.11. The van der Waals surface area contributed by atoms with E-state index in [0.717, 1.165) is 11.1 Å². The molecule has 13 heavy (non-hydrogen) atoms. The lowest BCUT2D eigenvalue weighted by molar-refractivity contribution is -0.114. The molecule has 64 valence electrons. The molecule has 3 heteroatoms. The van der Waals surface area contributed by atoms with Crippen molar-refractivity contribution in [1.82, 2.24) is 0 Å². The van der Waals surface area contributed by atoms with Gasteiger partial charge < -0.3 is 0 Å². The maximum absolute atomic E-state index is 11.4. The molecule has 0 fully saturated rings. The van der Waals surface area contributed by atoms with Crippen LogP contribution in [0.5, 0.6) is 0 Å². The predicted molar refractivity (Wildman–Crippen MR) is 48.4 cm³/mol. The summed E-state index contributed by atoms with van der Waals surface area (Å²) >= 11 is 0. The molecular formula is C10H7NO2. The lowest BCUT2D eigenvalue weighted by atomic mass is 9.95. The van der Waals surface area contributed by atoms with Crippen molar-refractivity contribution in [2.24, 2.45) is 4.99 Å². The van der Waals surface area contributed by atoms with Gasteiger partial charge in [0.05, 0.1) is 0 Å². The van der Waals surface area contributed by atoms with Gasteiger partial charge in [0.15, 0.2) is 0 Å². The highest BCUT2D eigenvalue weighted by Gasteiger charge is 2.20. The van der Waals surface area contributed by atoms with Crippen LogP contribution in [-0.4, -0.2) is 17.4 Å². The van der Waals surface area contributed by atoms with Gasteiger partial charge in [0.2, 0.25) is 5.78 Å². The van der Waals surface area contributed by atoms with E-state index in [-0.39, 0.29) is 17.4 Å². The number of aliphatic imine (C=N–C) groups is 1. The summed E-state index contributed by atoms with van der Waals surface area (Å²) in [6.07, 6.45) is 6.30. The Kier molecular flexibility index (Phi) is 1.59. The van der Waals surface area contributed by atoms with Gasteiger partial charge in [0, 0.05) is 11.6 Å². The highest BCUT2D eigenvalue weighted by molar-refractivity contribution is 6.53. The number of rotatable bonds is 0. The first kappa shape index (κ1) is 7.86. The van der Waals surface area contributed by atoms with E-state index in [1.165, 1.54) is 12.2 Å². The number of ketones is 1. The zero-order valence-corrected chi connectivity index (χ0v) is 7.07. The summed E-state index contributed by atoms with van der Waals surface area (Å²) in [7, 11) is 0. The summed E-state index contributed by atoms with van der Waals surface area (Å²) in [6, 6.07) is 0. The summed E-state index contributed by atoms with van der Waals surface area (Å²) < 4.78 is 0. The molecule has 1 heterocycles. The zero-order valence-electron chi connectivity index (χ0n) is 7.07. The molecule has 0 bridgehead atoms. The second-order valence-corrected chi connectivity index (χ2v) is 2.98. The molecule has 0 atom stereocenters. The van der Waals surface area contributed by atoms with E-state index >= 15 is 0 Å².